The molecule has 2 aliphatic rings. The van der Waals surface area contributed by atoms with Crippen LogP contribution in [0.2, 0.25) is 0 Å². The molecule has 0 aromatic carbocycles. The van der Waals surface area contributed by atoms with E-state index in [0.717, 1.165) is 57.6 Å². The molecule has 2 rings (SSSR count). The fraction of sp³-hybridized carbons (Fsp3) is 0.941. The van der Waals surface area contributed by atoms with Gasteiger partial charge in [0.25, 0.3) is 0 Å². The van der Waals surface area contributed by atoms with E-state index in [9.17, 15) is 0 Å². The first-order valence-corrected chi connectivity index (χ1v) is 8.89. The number of hydrogen-bond donors (Lipinski definition) is 1. The number of aliphatic imine (C=N–C) groups is 1. The molecule has 0 saturated carbocycles. The van der Waals surface area contributed by atoms with Gasteiger partial charge in [0.05, 0.1) is 12.7 Å². The Kier molecular flexibility index (Phi) is 10.5. The van der Waals surface area contributed by atoms with Gasteiger partial charge in [0.2, 0.25) is 0 Å². The summed E-state index contributed by atoms with van der Waals surface area (Å²) in [6.07, 6.45) is 6.54. The number of unbranched alkanes of at least 4 members (excludes halogenated alkanes) is 1. The van der Waals surface area contributed by atoms with Gasteiger partial charge in [0.15, 0.2) is 5.96 Å². The molecule has 23 heavy (non-hydrogen) atoms. The third-order valence-corrected chi connectivity index (χ3v) is 4.48. The van der Waals surface area contributed by atoms with E-state index in [-0.39, 0.29) is 36.2 Å². The van der Waals surface area contributed by atoms with E-state index in [0.29, 0.717) is 0 Å². The van der Waals surface area contributed by atoms with Gasteiger partial charge in [-0.05, 0) is 25.2 Å². The van der Waals surface area contributed by atoms with Crippen LogP contribution in [0, 0.1) is 5.92 Å². The molecule has 0 radical (unpaired) electrons. The van der Waals surface area contributed by atoms with E-state index in [1.54, 1.807) is 0 Å². The van der Waals surface area contributed by atoms with Crippen molar-refractivity contribution in [1.29, 1.82) is 0 Å². The molecule has 0 aromatic heterocycles. The van der Waals surface area contributed by atoms with E-state index in [4.69, 9.17) is 9.47 Å². The number of morpholine rings is 1. The number of guanidine groups is 1. The van der Waals surface area contributed by atoms with Crippen molar-refractivity contribution in [3.63, 3.8) is 0 Å². The lowest BCUT2D eigenvalue weighted by atomic mass is 10.1. The summed E-state index contributed by atoms with van der Waals surface area (Å²) >= 11 is 0. The van der Waals surface area contributed by atoms with Gasteiger partial charge >= 0.3 is 0 Å². The minimum atomic E-state index is 0. The Morgan fingerprint density at radius 1 is 1.22 bits per heavy atom. The van der Waals surface area contributed by atoms with Gasteiger partial charge in [0.1, 0.15) is 6.10 Å². The van der Waals surface area contributed by atoms with Crippen LogP contribution in [0.25, 0.3) is 0 Å². The summed E-state index contributed by atoms with van der Waals surface area (Å²) in [4.78, 5) is 6.76. The quantitative estimate of drug-likeness (QED) is 0.299. The first-order valence-electron chi connectivity index (χ1n) is 8.89. The van der Waals surface area contributed by atoms with Crippen LogP contribution >= 0.6 is 24.0 Å². The fourth-order valence-corrected chi connectivity index (χ4v) is 3.20. The van der Waals surface area contributed by atoms with Gasteiger partial charge in [-0.15, -0.1) is 24.0 Å². The maximum atomic E-state index is 5.91. The predicted molar refractivity (Wildman–Crippen MR) is 106 cm³/mol. The fourth-order valence-electron chi connectivity index (χ4n) is 3.20. The summed E-state index contributed by atoms with van der Waals surface area (Å²) in [6, 6.07) is 0. The van der Waals surface area contributed by atoms with Gasteiger partial charge in [-0.25, -0.2) is 0 Å². The van der Waals surface area contributed by atoms with Crippen LogP contribution in [0.4, 0.5) is 0 Å². The normalized spacial score (nSPS) is 25.6. The monoisotopic (exact) mass is 439 g/mol. The second kappa shape index (κ2) is 11.5. The Balaban J connectivity index is 0.00000264. The summed E-state index contributed by atoms with van der Waals surface area (Å²) in [5.74, 6) is 1.81. The van der Waals surface area contributed by atoms with Gasteiger partial charge in [-0.2, -0.15) is 0 Å². The molecule has 2 unspecified atom stereocenters. The SMILES string of the molecule is CN=C(NCCCCC(C)C)N1CCOC(C2CCCO2)C1.I. The maximum Gasteiger partial charge on any atom is 0.193 e. The smallest absolute Gasteiger partial charge is 0.193 e. The zero-order valence-corrected chi connectivity index (χ0v) is 17.3. The number of nitrogens with zero attached hydrogens (tertiary/aromatic N) is 2. The molecular formula is C17H34IN3O2. The first-order chi connectivity index (χ1) is 10.7. The average molecular weight is 439 g/mol. The molecule has 2 saturated heterocycles. The van der Waals surface area contributed by atoms with E-state index in [1.165, 1.54) is 19.3 Å². The standard InChI is InChI=1S/C17H33N3O2.HI/c1-14(2)7-4-5-9-19-17(18-3)20-10-12-22-16(13-20)15-8-6-11-21-15;/h14-16H,4-13H2,1-3H3,(H,18,19);1H. The Morgan fingerprint density at radius 3 is 2.65 bits per heavy atom. The lowest BCUT2D eigenvalue weighted by Gasteiger charge is -2.37. The van der Waals surface area contributed by atoms with Gasteiger partial charge in [-0.1, -0.05) is 26.7 Å². The highest BCUT2D eigenvalue weighted by molar-refractivity contribution is 14.0. The molecule has 1 N–H and O–H groups in total. The molecule has 136 valence electrons. The number of ether oxygens (including phenoxy) is 2. The zero-order valence-electron chi connectivity index (χ0n) is 14.9. The highest BCUT2D eigenvalue weighted by Crippen LogP contribution is 2.21. The van der Waals surface area contributed by atoms with Crippen LogP contribution in [0.1, 0.15) is 46.0 Å². The van der Waals surface area contributed by atoms with Gasteiger partial charge < -0.3 is 19.7 Å². The van der Waals surface area contributed by atoms with Gasteiger partial charge in [0, 0.05) is 33.3 Å². The molecule has 0 spiro atoms. The van der Waals surface area contributed by atoms with Crippen molar-refractivity contribution in [2.45, 2.75) is 58.2 Å². The van der Waals surface area contributed by atoms with Crippen molar-refractivity contribution in [2.75, 3.05) is 39.9 Å². The van der Waals surface area contributed by atoms with Crippen LogP contribution in [0.5, 0.6) is 0 Å². The molecule has 2 atom stereocenters. The Bertz CT molecular complexity index is 347. The van der Waals surface area contributed by atoms with E-state index >= 15 is 0 Å². The third-order valence-electron chi connectivity index (χ3n) is 4.48. The molecule has 2 fully saturated rings. The van der Waals surface area contributed by atoms with Crippen molar-refractivity contribution in [3.8, 4) is 0 Å². The summed E-state index contributed by atoms with van der Waals surface area (Å²) in [7, 11) is 1.87. The number of halogens is 1. The minimum Gasteiger partial charge on any atom is -0.375 e. The Morgan fingerprint density at radius 2 is 2.00 bits per heavy atom. The first kappa shape index (κ1) is 21.0. The predicted octanol–water partition coefficient (Wildman–Crippen LogP) is 2.89. The van der Waals surface area contributed by atoms with Crippen LogP contribution < -0.4 is 5.32 Å². The Labute approximate surface area is 158 Å². The van der Waals surface area contributed by atoms with Crippen molar-refractivity contribution in [1.82, 2.24) is 10.2 Å². The molecule has 5 nitrogen and oxygen atoms in total. The zero-order chi connectivity index (χ0) is 15.8. The van der Waals surface area contributed by atoms with Crippen molar-refractivity contribution < 1.29 is 9.47 Å². The summed E-state index contributed by atoms with van der Waals surface area (Å²) in [5, 5.41) is 3.50. The topological polar surface area (TPSA) is 46.1 Å². The van der Waals surface area contributed by atoms with Crippen molar-refractivity contribution in [2.24, 2.45) is 10.9 Å². The minimum absolute atomic E-state index is 0. The molecule has 0 amide bonds. The lowest BCUT2D eigenvalue weighted by Crippen LogP contribution is -2.53. The largest absolute Gasteiger partial charge is 0.375 e. The van der Waals surface area contributed by atoms with Crippen LogP contribution in [-0.4, -0.2) is 63.0 Å². The maximum absolute atomic E-state index is 5.91. The molecule has 0 bridgehead atoms. The Hall–Kier alpha value is -0.0800. The molecule has 0 aromatic rings. The molecular weight excluding hydrogens is 405 g/mol. The molecule has 2 aliphatic heterocycles. The lowest BCUT2D eigenvalue weighted by molar-refractivity contribution is -0.0816. The third kappa shape index (κ3) is 7.13. The van der Waals surface area contributed by atoms with E-state index in [2.05, 4.69) is 29.1 Å². The van der Waals surface area contributed by atoms with Crippen molar-refractivity contribution in [3.05, 3.63) is 0 Å². The highest BCUT2D eigenvalue weighted by Gasteiger charge is 2.32. The number of hydrogen-bond acceptors (Lipinski definition) is 3. The molecule has 2 heterocycles. The summed E-state index contributed by atoms with van der Waals surface area (Å²) in [6.45, 7) is 9.01. The second-order valence-electron chi connectivity index (χ2n) is 6.77. The number of rotatable bonds is 6. The average Bonchev–Trinajstić information content (AvgIpc) is 3.05. The van der Waals surface area contributed by atoms with Crippen LogP contribution in [-0.2, 0) is 9.47 Å². The van der Waals surface area contributed by atoms with Gasteiger partial charge in [-0.3, -0.25) is 4.99 Å². The molecule has 6 heteroatoms. The van der Waals surface area contributed by atoms with E-state index < -0.39 is 0 Å². The summed E-state index contributed by atoms with van der Waals surface area (Å²) in [5.41, 5.74) is 0. The second-order valence-corrected chi connectivity index (χ2v) is 6.77. The van der Waals surface area contributed by atoms with Crippen LogP contribution in [0.3, 0.4) is 0 Å². The van der Waals surface area contributed by atoms with E-state index in [1.807, 2.05) is 7.05 Å². The molecule has 0 aliphatic carbocycles. The highest BCUT2D eigenvalue weighted by atomic mass is 127. The summed E-state index contributed by atoms with van der Waals surface area (Å²) < 4.78 is 11.7. The van der Waals surface area contributed by atoms with Crippen LogP contribution in [0.15, 0.2) is 4.99 Å². The number of nitrogens with one attached hydrogen (secondary N) is 1. The van der Waals surface area contributed by atoms with Crippen molar-refractivity contribution >= 4 is 29.9 Å².